The first-order chi connectivity index (χ1) is 16.9. The highest BCUT2D eigenvalue weighted by molar-refractivity contribution is 5.04. The van der Waals surface area contributed by atoms with Crippen LogP contribution in [0.2, 0.25) is 0 Å². The Balaban J connectivity index is -0.000000261. The quantitative estimate of drug-likeness (QED) is 0.0825. The molecule has 0 aromatic heterocycles. The number of hydrogen-bond donors (Lipinski definition) is 1. The molecule has 0 bridgehead atoms. The summed E-state index contributed by atoms with van der Waals surface area (Å²) >= 11 is 0. The van der Waals surface area contributed by atoms with Gasteiger partial charge in [-0.25, -0.2) is 0 Å². The van der Waals surface area contributed by atoms with Gasteiger partial charge in [0.25, 0.3) is 6.48 Å². The van der Waals surface area contributed by atoms with Crippen LogP contribution in [0.15, 0.2) is 24.5 Å². The molecule has 0 aliphatic carbocycles. The van der Waals surface area contributed by atoms with Crippen LogP contribution in [0.4, 0.5) is 0 Å². The van der Waals surface area contributed by atoms with Crippen molar-refractivity contribution in [3.63, 3.8) is 0 Å². The minimum absolute atomic E-state index is 0.231. The Labute approximate surface area is 221 Å². The van der Waals surface area contributed by atoms with Gasteiger partial charge in [0, 0.05) is 6.61 Å². The van der Waals surface area contributed by atoms with E-state index in [0.29, 0.717) is 6.61 Å². The van der Waals surface area contributed by atoms with Gasteiger partial charge in [0.1, 0.15) is 5.76 Å². The van der Waals surface area contributed by atoms with E-state index in [0.717, 1.165) is 25.7 Å². The highest BCUT2D eigenvalue weighted by atomic mass is 16.8. The van der Waals surface area contributed by atoms with Crippen molar-refractivity contribution < 1.29 is 19.3 Å². The molecule has 0 saturated carbocycles. The molecule has 0 aliphatic heterocycles. The second kappa shape index (κ2) is 37.7. The molecule has 0 heterocycles. The Morgan fingerprint density at radius 3 is 1.34 bits per heavy atom. The van der Waals surface area contributed by atoms with Crippen LogP contribution in [0.25, 0.3) is 0 Å². The second-order valence-corrected chi connectivity index (χ2v) is 8.34. The average Bonchev–Trinajstić information content (AvgIpc) is 2.90. The van der Waals surface area contributed by atoms with Crippen molar-refractivity contribution in [1.82, 2.24) is 0 Å². The molecule has 0 spiro atoms. The first-order valence-electron chi connectivity index (χ1n) is 14.8. The van der Waals surface area contributed by atoms with Crippen LogP contribution in [0.1, 0.15) is 153 Å². The molecule has 0 aromatic carbocycles. The van der Waals surface area contributed by atoms with Crippen molar-refractivity contribution in [1.29, 1.82) is 0 Å². The zero-order chi connectivity index (χ0) is 27.7. The van der Waals surface area contributed by atoms with Gasteiger partial charge in [-0.15, -0.1) is 0 Å². The molecular formula is C31H66O4. The summed E-state index contributed by atoms with van der Waals surface area (Å²) in [5.74, 6) is 0.231. The van der Waals surface area contributed by atoms with E-state index in [-0.39, 0.29) is 18.0 Å². The van der Waals surface area contributed by atoms with E-state index in [4.69, 9.17) is 19.3 Å². The molecule has 4 heteroatoms. The molecule has 214 valence electrons. The first kappa shape index (κ1) is 41.3. The Bertz CT molecular complexity index is 373. The fourth-order valence-electron chi connectivity index (χ4n) is 2.96. The van der Waals surface area contributed by atoms with E-state index in [1.807, 2.05) is 20.8 Å². The predicted octanol–water partition coefficient (Wildman–Crippen LogP) is 10.9. The van der Waals surface area contributed by atoms with Crippen LogP contribution in [0, 0.1) is 0 Å². The van der Waals surface area contributed by atoms with Crippen molar-refractivity contribution in [3.8, 4) is 0 Å². The SMILES string of the molecule is C=C/C(O)=C\C.CC.CCCCC(CC)OC(OCC)OC(CC)CCCC.CCCCCCC. The third-order valence-corrected chi connectivity index (χ3v) is 5.29. The van der Waals surface area contributed by atoms with Gasteiger partial charge < -0.3 is 19.3 Å². The van der Waals surface area contributed by atoms with Crippen molar-refractivity contribution in [3.05, 3.63) is 24.5 Å². The van der Waals surface area contributed by atoms with Crippen LogP contribution < -0.4 is 0 Å². The zero-order valence-electron chi connectivity index (χ0n) is 25.7. The van der Waals surface area contributed by atoms with Crippen molar-refractivity contribution in [2.45, 2.75) is 171 Å². The first-order valence-corrected chi connectivity index (χ1v) is 14.8. The fraction of sp³-hybridized carbons (Fsp3) is 0.871. The summed E-state index contributed by atoms with van der Waals surface area (Å²) in [6.45, 7) is 24.4. The standard InChI is InChI=1S/C17H36O3.C7H16.C5H8O.C2H6/c1-6-11-13-15(8-3)19-17(18-10-5)20-16(9-4)14-12-7-2;1-3-5-7-6-4-2;1-3-5(6)4-2;1-2/h15-17H,6-14H2,1-5H3;3-7H2,1-2H3;3-4,6H,1H2,2H3;1-2H3/b;;5-4+;. The lowest BCUT2D eigenvalue weighted by Gasteiger charge is -2.27. The van der Waals surface area contributed by atoms with Gasteiger partial charge in [-0.1, -0.05) is 120 Å². The van der Waals surface area contributed by atoms with Gasteiger partial charge in [0.15, 0.2) is 0 Å². The number of allylic oxidation sites excluding steroid dienone is 2. The Morgan fingerprint density at radius 2 is 1.11 bits per heavy atom. The molecule has 4 nitrogen and oxygen atoms in total. The molecule has 0 fully saturated rings. The number of hydrogen-bond acceptors (Lipinski definition) is 4. The summed E-state index contributed by atoms with van der Waals surface area (Å²) in [6, 6.07) is 0. The minimum Gasteiger partial charge on any atom is -0.508 e. The number of unbranched alkanes of at least 4 members (excludes halogenated alkanes) is 6. The van der Waals surface area contributed by atoms with E-state index >= 15 is 0 Å². The van der Waals surface area contributed by atoms with Gasteiger partial charge >= 0.3 is 0 Å². The van der Waals surface area contributed by atoms with Gasteiger partial charge in [-0.2, -0.15) is 0 Å². The summed E-state index contributed by atoms with van der Waals surface area (Å²) in [5.41, 5.74) is 0. The molecule has 0 aliphatic rings. The molecule has 0 amide bonds. The molecule has 35 heavy (non-hydrogen) atoms. The predicted molar refractivity (Wildman–Crippen MR) is 157 cm³/mol. The number of rotatable bonds is 19. The number of aliphatic hydroxyl groups is 1. The molecule has 0 aromatic rings. The van der Waals surface area contributed by atoms with E-state index in [9.17, 15) is 0 Å². The average molecular weight is 503 g/mol. The minimum atomic E-state index is -0.497. The van der Waals surface area contributed by atoms with Crippen LogP contribution in [0.5, 0.6) is 0 Å². The number of ether oxygens (including phenoxy) is 3. The van der Waals surface area contributed by atoms with E-state index in [1.165, 1.54) is 63.9 Å². The van der Waals surface area contributed by atoms with Gasteiger partial charge in [-0.05, 0) is 51.7 Å². The Kier molecular flexibility index (Phi) is 44.5. The summed E-state index contributed by atoms with van der Waals surface area (Å²) in [6.07, 6.45) is 19.5. The molecule has 0 rings (SSSR count). The molecule has 2 atom stereocenters. The van der Waals surface area contributed by atoms with Crippen LogP contribution >= 0.6 is 0 Å². The fourth-order valence-corrected chi connectivity index (χ4v) is 2.96. The van der Waals surface area contributed by atoms with Gasteiger partial charge in [-0.3, -0.25) is 0 Å². The second-order valence-electron chi connectivity index (χ2n) is 8.34. The molecule has 2 unspecified atom stereocenters. The molecule has 0 saturated heterocycles. The van der Waals surface area contributed by atoms with Crippen molar-refractivity contribution in [2.24, 2.45) is 0 Å². The van der Waals surface area contributed by atoms with E-state index in [1.54, 1.807) is 13.0 Å². The molecule has 0 radical (unpaired) electrons. The van der Waals surface area contributed by atoms with Crippen LogP contribution in [-0.2, 0) is 14.2 Å². The number of aliphatic hydroxyl groups excluding tert-OH is 1. The summed E-state index contributed by atoms with van der Waals surface area (Å²) in [4.78, 5) is 0. The maximum absolute atomic E-state index is 8.41. The topological polar surface area (TPSA) is 47.9 Å². The lowest BCUT2D eigenvalue weighted by atomic mass is 10.1. The van der Waals surface area contributed by atoms with Crippen LogP contribution in [0.3, 0.4) is 0 Å². The largest absolute Gasteiger partial charge is 0.508 e. The Morgan fingerprint density at radius 1 is 0.714 bits per heavy atom. The highest BCUT2D eigenvalue weighted by Gasteiger charge is 2.19. The van der Waals surface area contributed by atoms with Crippen molar-refractivity contribution >= 4 is 0 Å². The van der Waals surface area contributed by atoms with Gasteiger partial charge in [0.2, 0.25) is 0 Å². The highest BCUT2D eigenvalue weighted by Crippen LogP contribution is 2.17. The smallest absolute Gasteiger partial charge is 0.272 e. The summed E-state index contributed by atoms with van der Waals surface area (Å²) in [7, 11) is 0. The lowest BCUT2D eigenvalue weighted by molar-refractivity contribution is -0.319. The van der Waals surface area contributed by atoms with E-state index < -0.39 is 6.48 Å². The van der Waals surface area contributed by atoms with Gasteiger partial charge in [0.05, 0.1) is 12.2 Å². The van der Waals surface area contributed by atoms with Crippen LogP contribution in [-0.4, -0.2) is 30.4 Å². The maximum Gasteiger partial charge on any atom is 0.272 e. The lowest BCUT2D eigenvalue weighted by Crippen LogP contribution is -2.31. The zero-order valence-corrected chi connectivity index (χ0v) is 25.7. The third kappa shape index (κ3) is 35.4. The molecular weight excluding hydrogens is 436 g/mol. The summed E-state index contributed by atoms with van der Waals surface area (Å²) < 4.78 is 17.6. The monoisotopic (exact) mass is 502 g/mol. The van der Waals surface area contributed by atoms with Crippen molar-refractivity contribution in [2.75, 3.05) is 6.61 Å². The third-order valence-electron chi connectivity index (χ3n) is 5.29. The summed E-state index contributed by atoms with van der Waals surface area (Å²) in [5, 5.41) is 8.41. The Hall–Kier alpha value is -0.840. The maximum atomic E-state index is 8.41. The van der Waals surface area contributed by atoms with E-state index in [2.05, 4.69) is 48.1 Å². The molecule has 1 N–H and O–H groups in total. The normalized spacial score (nSPS) is 13.1.